The van der Waals surface area contributed by atoms with Crippen molar-refractivity contribution < 1.29 is 19.1 Å². The van der Waals surface area contributed by atoms with Gasteiger partial charge in [-0.2, -0.15) is 0 Å². The van der Waals surface area contributed by atoms with Crippen LogP contribution < -0.4 is 0 Å². The fourth-order valence-corrected chi connectivity index (χ4v) is 4.33. The Kier molecular flexibility index (Phi) is 6.03. The summed E-state index contributed by atoms with van der Waals surface area (Å²) < 4.78 is 11.6. The van der Waals surface area contributed by atoms with Crippen molar-refractivity contribution in [2.24, 2.45) is 0 Å². The standard InChI is InChI=1S/C26H28O4/c1-3-5-13-29-22-16-21(27)26(30-14-6-4-2)24(25(22)28)20-15-18-11-7-9-17-10-8-12-19(20)23(17)18/h7-12,16,20H,3-6,13-15H2,1-2H3. The van der Waals surface area contributed by atoms with Crippen molar-refractivity contribution in [2.45, 2.75) is 51.9 Å². The highest BCUT2D eigenvalue weighted by Crippen LogP contribution is 2.44. The number of allylic oxidation sites excluding steroid dienone is 2. The molecule has 2 aromatic rings. The number of hydrogen-bond acceptors (Lipinski definition) is 4. The summed E-state index contributed by atoms with van der Waals surface area (Å²) in [4.78, 5) is 26.5. The Balaban J connectivity index is 1.75. The summed E-state index contributed by atoms with van der Waals surface area (Å²) in [5, 5.41) is 2.35. The lowest BCUT2D eigenvalue weighted by molar-refractivity contribution is -0.121. The van der Waals surface area contributed by atoms with E-state index < -0.39 is 0 Å². The molecule has 0 heterocycles. The first kappa shape index (κ1) is 20.4. The Morgan fingerprint density at radius 2 is 1.63 bits per heavy atom. The van der Waals surface area contributed by atoms with Crippen LogP contribution in [0.25, 0.3) is 10.8 Å². The third kappa shape index (κ3) is 3.67. The molecular weight excluding hydrogens is 376 g/mol. The molecule has 0 spiro atoms. The Morgan fingerprint density at radius 3 is 2.37 bits per heavy atom. The van der Waals surface area contributed by atoms with E-state index in [-0.39, 0.29) is 29.0 Å². The first-order valence-corrected chi connectivity index (χ1v) is 11.0. The van der Waals surface area contributed by atoms with E-state index in [1.807, 2.05) is 12.1 Å². The fourth-order valence-electron chi connectivity index (χ4n) is 4.33. The van der Waals surface area contributed by atoms with Gasteiger partial charge in [-0.05, 0) is 41.2 Å². The lowest BCUT2D eigenvalue weighted by atomic mass is 9.84. The molecular formula is C26H28O4. The molecule has 2 aromatic carbocycles. The van der Waals surface area contributed by atoms with E-state index in [9.17, 15) is 9.59 Å². The average molecular weight is 405 g/mol. The normalized spacial score (nSPS) is 18.2. The maximum absolute atomic E-state index is 13.5. The van der Waals surface area contributed by atoms with Gasteiger partial charge in [0.15, 0.2) is 11.5 Å². The average Bonchev–Trinajstić information content (AvgIpc) is 3.12. The Morgan fingerprint density at radius 1 is 0.933 bits per heavy atom. The monoisotopic (exact) mass is 404 g/mol. The van der Waals surface area contributed by atoms with Gasteiger partial charge in [-0.3, -0.25) is 9.59 Å². The summed E-state index contributed by atoms with van der Waals surface area (Å²) in [7, 11) is 0. The van der Waals surface area contributed by atoms with Crippen LogP contribution in [0, 0.1) is 0 Å². The van der Waals surface area contributed by atoms with Crippen LogP contribution >= 0.6 is 0 Å². The van der Waals surface area contributed by atoms with E-state index in [2.05, 4.69) is 38.1 Å². The molecule has 0 bridgehead atoms. The van der Waals surface area contributed by atoms with E-state index in [0.29, 0.717) is 25.2 Å². The molecule has 2 aliphatic rings. The van der Waals surface area contributed by atoms with Gasteiger partial charge < -0.3 is 9.47 Å². The third-order valence-corrected chi connectivity index (χ3v) is 5.87. The van der Waals surface area contributed by atoms with Gasteiger partial charge in [0.05, 0.1) is 18.8 Å². The molecule has 0 fully saturated rings. The predicted octanol–water partition coefficient (Wildman–Crippen LogP) is 5.40. The predicted molar refractivity (Wildman–Crippen MR) is 117 cm³/mol. The second-order valence-corrected chi connectivity index (χ2v) is 7.97. The molecule has 30 heavy (non-hydrogen) atoms. The molecule has 4 nitrogen and oxygen atoms in total. The number of hydrogen-bond donors (Lipinski definition) is 0. The lowest BCUT2D eigenvalue weighted by Gasteiger charge is -2.24. The van der Waals surface area contributed by atoms with Crippen LogP contribution in [0.1, 0.15) is 56.6 Å². The first-order valence-electron chi connectivity index (χ1n) is 11.0. The van der Waals surface area contributed by atoms with Gasteiger partial charge in [0, 0.05) is 12.0 Å². The van der Waals surface area contributed by atoms with Crippen LogP contribution in [0.15, 0.2) is 59.6 Å². The molecule has 0 aromatic heterocycles. The largest absolute Gasteiger partial charge is 0.489 e. The molecule has 0 aliphatic heterocycles. The molecule has 1 unspecified atom stereocenters. The highest BCUT2D eigenvalue weighted by Gasteiger charge is 2.39. The third-order valence-electron chi connectivity index (χ3n) is 5.87. The number of ketones is 2. The molecule has 156 valence electrons. The molecule has 0 saturated heterocycles. The maximum Gasteiger partial charge on any atom is 0.228 e. The molecule has 2 aliphatic carbocycles. The van der Waals surface area contributed by atoms with Crippen LogP contribution in [0.3, 0.4) is 0 Å². The van der Waals surface area contributed by atoms with Crippen LogP contribution in [-0.4, -0.2) is 24.8 Å². The zero-order valence-corrected chi connectivity index (χ0v) is 17.7. The second-order valence-electron chi connectivity index (χ2n) is 7.97. The molecule has 0 radical (unpaired) electrons. The summed E-state index contributed by atoms with van der Waals surface area (Å²) in [5.74, 6) is -0.333. The first-order chi connectivity index (χ1) is 14.7. The topological polar surface area (TPSA) is 52.6 Å². The number of ether oxygens (including phenoxy) is 2. The van der Waals surface area contributed by atoms with Crippen LogP contribution in [0.2, 0.25) is 0 Å². The minimum Gasteiger partial charge on any atom is -0.489 e. The Labute approximate surface area is 177 Å². The SMILES string of the molecule is CCCCOC1=CC(=O)C(OCCCC)=C(C2Cc3cccc4cccc2c34)C1=O. The van der Waals surface area contributed by atoms with Gasteiger partial charge in [0.1, 0.15) is 0 Å². The van der Waals surface area contributed by atoms with E-state index in [1.54, 1.807) is 0 Å². The molecule has 0 saturated carbocycles. The number of benzene rings is 2. The van der Waals surface area contributed by atoms with Crippen LogP contribution in [0.4, 0.5) is 0 Å². The summed E-state index contributed by atoms with van der Waals surface area (Å²) >= 11 is 0. The minimum absolute atomic E-state index is 0.148. The van der Waals surface area contributed by atoms with Gasteiger partial charge in [-0.25, -0.2) is 0 Å². The second kappa shape index (κ2) is 8.86. The Hall–Kier alpha value is -2.88. The van der Waals surface area contributed by atoms with Crippen molar-refractivity contribution in [2.75, 3.05) is 13.2 Å². The van der Waals surface area contributed by atoms with E-state index >= 15 is 0 Å². The number of carbonyl (C=O) groups excluding carboxylic acids is 2. The van der Waals surface area contributed by atoms with Gasteiger partial charge in [-0.1, -0.05) is 63.1 Å². The summed E-state index contributed by atoms with van der Waals surface area (Å²) in [6.07, 6.45) is 5.59. The minimum atomic E-state index is -0.268. The van der Waals surface area contributed by atoms with Gasteiger partial charge in [0.25, 0.3) is 0 Å². The highest BCUT2D eigenvalue weighted by molar-refractivity contribution is 6.22. The quantitative estimate of drug-likeness (QED) is 0.415. The lowest BCUT2D eigenvalue weighted by Crippen LogP contribution is -2.26. The zero-order valence-electron chi connectivity index (χ0n) is 17.7. The molecule has 0 N–H and O–H groups in total. The van der Waals surface area contributed by atoms with Crippen molar-refractivity contribution in [3.63, 3.8) is 0 Å². The van der Waals surface area contributed by atoms with Crippen molar-refractivity contribution in [3.8, 4) is 0 Å². The number of rotatable bonds is 9. The van der Waals surface area contributed by atoms with Crippen LogP contribution in [0.5, 0.6) is 0 Å². The highest BCUT2D eigenvalue weighted by atomic mass is 16.5. The number of carbonyl (C=O) groups is 2. The van der Waals surface area contributed by atoms with E-state index in [4.69, 9.17) is 9.47 Å². The number of unbranched alkanes of at least 4 members (excludes halogenated alkanes) is 2. The summed E-state index contributed by atoms with van der Waals surface area (Å²) in [6, 6.07) is 12.4. The molecule has 4 heteroatoms. The molecule has 4 rings (SSSR count). The van der Waals surface area contributed by atoms with Gasteiger partial charge in [-0.15, -0.1) is 0 Å². The van der Waals surface area contributed by atoms with E-state index in [0.717, 1.165) is 36.6 Å². The van der Waals surface area contributed by atoms with Crippen molar-refractivity contribution in [1.82, 2.24) is 0 Å². The summed E-state index contributed by atoms with van der Waals surface area (Å²) in [6.45, 7) is 4.99. The number of Topliss-reactive ketones (excluding diaryl/α,β-unsaturated/α-hetero) is 1. The zero-order chi connectivity index (χ0) is 21.1. The molecule has 1 atom stereocenters. The maximum atomic E-state index is 13.5. The molecule has 0 amide bonds. The van der Waals surface area contributed by atoms with Crippen molar-refractivity contribution >= 4 is 22.3 Å². The van der Waals surface area contributed by atoms with E-state index in [1.165, 1.54) is 17.0 Å². The van der Waals surface area contributed by atoms with Gasteiger partial charge in [0.2, 0.25) is 11.6 Å². The smallest absolute Gasteiger partial charge is 0.228 e. The fraction of sp³-hybridized carbons (Fsp3) is 0.385. The van der Waals surface area contributed by atoms with Crippen molar-refractivity contribution in [3.05, 3.63) is 70.7 Å². The van der Waals surface area contributed by atoms with Crippen LogP contribution in [-0.2, 0) is 25.5 Å². The summed E-state index contributed by atoms with van der Waals surface area (Å²) in [5.41, 5.74) is 2.75. The van der Waals surface area contributed by atoms with Crippen molar-refractivity contribution in [1.29, 1.82) is 0 Å². The van der Waals surface area contributed by atoms with Gasteiger partial charge >= 0.3 is 0 Å². The Bertz CT molecular complexity index is 1040.